The standard InChI is InChI=1S/C15H22N2O3/c1-19-13-4-3-12(14(8-13)20-2)10-17-15(18)7-11-5-6-16-9-11/h3-4,8,11,16H,5-7,9-10H2,1-2H3,(H,17,18)/t11-/m0/s1. The van der Waals surface area contributed by atoms with E-state index in [2.05, 4.69) is 10.6 Å². The number of hydrogen-bond acceptors (Lipinski definition) is 4. The van der Waals surface area contributed by atoms with E-state index in [1.165, 1.54) is 0 Å². The van der Waals surface area contributed by atoms with Gasteiger partial charge in [-0.15, -0.1) is 0 Å². The zero-order valence-electron chi connectivity index (χ0n) is 12.1. The van der Waals surface area contributed by atoms with Gasteiger partial charge < -0.3 is 20.1 Å². The van der Waals surface area contributed by atoms with Crippen molar-refractivity contribution in [1.29, 1.82) is 0 Å². The molecule has 0 unspecified atom stereocenters. The first-order chi connectivity index (χ1) is 9.72. The van der Waals surface area contributed by atoms with Crippen molar-refractivity contribution in [2.45, 2.75) is 19.4 Å². The molecular formula is C15H22N2O3. The average molecular weight is 278 g/mol. The van der Waals surface area contributed by atoms with E-state index in [9.17, 15) is 4.79 Å². The molecule has 0 aliphatic carbocycles. The van der Waals surface area contributed by atoms with Gasteiger partial charge in [-0.05, 0) is 37.6 Å². The molecule has 1 aliphatic heterocycles. The Morgan fingerprint density at radius 2 is 2.25 bits per heavy atom. The molecule has 1 amide bonds. The Bertz CT molecular complexity index is 456. The lowest BCUT2D eigenvalue weighted by atomic mass is 10.0. The van der Waals surface area contributed by atoms with Crippen molar-refractivity contribution in [3.63, 3.8) is 0 Å². The lowest BCUT2D eigenvalue weighted by Crippen LogP contribution is -2.26. The Morgan fingerprint density at radius 1 is 1.40 bits per heavy atom. The maximum absolute atomic E-state index is 11.9. The van der Waals surface area contributed by atoms with Gasteiger partial charge in [-0.25, -0.2) is 0 Å². The van der Waals surface area contributed by atoms with Crippen molar-refractivity contribution in [3.05, 3.63) is 23.8 Å². The fraction of sp³-hybridized carbons (Fsp3) is 0.533. The molecule has 2 rings (SSSR count). The molecule has 1 fully saturated rings. The van der Waals surface area contributed by atoms with E-state index >= 15 is 0 Å². The van der Waals surface area contributed by atoms with E-state index in [0.717, 1.165) is 36.6 Å². The van der Waals surface area contributed by atoms with Gasteiger partial charge in [0.1, 0.15) is 11.5 Å². The molecule has 1 aromatic carbocycles. The Labute approximate surface area is 119 Å². The van der Waals surface area contributed by atoms with Crippen molar-refractivity contribution < 1.29 is 14.3 Å². The molecular weight excluding hydrogens is 256 g/mol. The van der Waals surface area contributed by atoms with Crippen LogP contribution in [-0.2, 0) is 11.3 Å². The highest BCUT2D eigenvalue weighted by Crippen LogP contribution is 2.24. The van der Waals surface area contributed by atoms with Crippen molar-refractivity contribution >= 4 is 5.91 Å². The lowest BCUT2D eigenvalue weighted by Gasteiger charge is -2.12. The monoisotopic (exact) mass is 278 g/mol. The number of benzene rings is 1. The number of rotatable bonds is 6. The first-order valence-corrected chi connectivity index (χ1v) is 6.91. The third-order valence-electron chi connectivity index (χ3n) is 3.61. The summed E-state index contributed by atoms with van der Waals surface area (Å²) in [5.74, 6) is 2.03. The van der Waals surface area contributed by atoms with Crippen LogP contribution in [0.2, 0.25) is 0 Å². The van der Waals surface area contributed by atoms with Gasteiger partial charge in [-0.1, -0.05) is 0 Å². The number of carbonyl (C=O) groups excluding carboxylic acids is 1. The first kappa shape index (κ1) is 14.7. The van der Waals surface area contributed by atoms with Crippen LogP contribution in [0.5, 0.6) is 11.5 Å². The van der Waals surface area contributed by atoms with Crippen LogP contribution >= 0.6 is 0 Å². The Balaban J connectivity index is 1.87. The van der Waals surface area contributed by atoms with Crippen LogP contribution in [0.25, 0.3) is 0 Å². The van der Waals surface area contributed by atoms with Crippen LogP contribution in [0.15, 0.2) is 18.2 Å². The predicted octanol–water partition coefficient (Wildman–Crippen LogP) is 1.32. The number of methoxy groups -OCH3 is 2. The van der Waals surface area contributed by atoms with Gasteiger partial charge in [-0.2, -0.15) is 0 Å². The zero-order chi connectivity index (χ0) is 14.4. The zero-order valence-corrected chi connectivity index (χ0v) is 12.1. The molecule has 1 heterocycles. The summed E-state index contributed by atoms with van der Waals surface area (Å²) in [4.78, 5) is 11.9. The summed E-state index contributed by atoms with van der Waals surface area (Å²) >= 11 is 0. The van der Waals surface area contributed by atoms with Gasteiger partial charge in [0.2, 0.25) is 5.91 Å². The minimum Gasteiger partial charge on any atom is -0.497 e. The van der Waals surface area contributed by atoms with Gasteiger partial charge in [0, 0.05) is 24.6 Å². The van der Waals surface area contributed by atoms with Crippen LogP contribution < -0.4 is 20.1 Å². The largest absolute Gasteiger partial charge is 0.497 e. The quantitative estimate of drug-likeness (QED) is 0.824. The fourth-order valence-electron chi connectivity index (χ4n) is 2.41. The van der Waals surface area contributed by atoms with E-state index in [-0.39, 0.29) is 5.91 Å². The Morgan fingerprint density at radius 3 is 2.90 bits per heavy atom. The minimum absolute atomic E-state index is 0.0940. The first-order valence-electron chi connectivity index (χ1n) is 6.91. The lowest BCUT2D eigenvalue weighted by molar-refractivity contribution is -0.122. The van der Waals surface area contributed by atoms with Crippen molar-refractivity contribution in [2.24, 2.45) is 5.92 Å². The summed E-state index contributed by atoms with van der Waals surface area (Å²) < 4.78 is 10.5. The second-order valence-electron chi connectivity index (χ2n) is 5.02. The van der Waals surface area contributed by atoms with Crippen LogP contribution in [0.4, 0.5) is 0 Å². The summed E-state index contributed by atoms with van der Waals surface area (Å²) in [6.07, 6.45) is 1.67. The molecule has 0 saturated carbocycles. The number of carbonyl (C=O) groups is 1. The highest BCUT2D eigenvalue weighted by molar-refractivity contribution is 5.76. The maximum atomic E-state index is 11.9. The van der Waals surface area contributed by atoms with Gasteiger partial charge in [0.15, 0.2) is 0 Å². The smallest absolute Gasteiger partial charge is 0.220 e. The second-order valence-corrected chi connectivity index (χ2v) is 5.02. The van der Waals surface area contributed by atoms with E-state index in [1.54, 1.807) is 14.2 Å². The number of ether oxygens (including phenoxy) is 2. The van der Waals surface area contributed by atoms with Crippen molar-refractivity contribution in [1.82, 2.24) is 10.6 Å². The number of hydrogen-bond donors (Lipinski definition) is 2. The third-order valence-corrected chi connectivity index (χ3v) is 3.61. The molecule has 0 aromatic heterocycles. The third kappa shape index (κ3) is 3.87. The maximum Gasteiger partial charge on any atom is 0.220 e. The number of nitrogens with one attached hydrogen (secondary N) is 2. The summed E-state index contributed by atoms with van der Waals surface area (Å²) in [5, 5.41) is 6.22. The van der Waals surface area contributed by atoms with E-state index < -0.39 is 0 Å². The van der Waals surface area contributed by atoms with Gasteiger partial charge in [-0.3, -0.25) is 4.79 Å². The number of amides is 1. The SMILES string of the molecule is COc1ccc(CNC(=O)C[C@@H]2CCNC2)c(OC)c1. The van der Waals surface area contributed by atoms with Gasteiger partial charge in [0.25, 0.3) is 0 Å². The van der Waals surface area contributed by atoms with Crippen LogP contribution in [-0.4, -0.2) is 33.2 Å². The van der Waals surface area contributed by atoms with E-state index in [0.29, 0.717) is 18.9 Å². The van der Waals surface area contributed by atoms with Crippen molar-refractivity contribution in [3.8, 4) is 11.5 Å². The topological polar surface area (TPSA) is 59.6 Å². The van der Waals surface area contributed by atoms with Crippen LogP contribution in [0, 0.1) is 5.92 Å². The second kappa shape index (κ2) is 7.14. The minimum atomic E-state index is 0.0940. The van der Waals surface area contributed by atoms with E-state index in [1.807, 2.05) is 18.2 Å². The highest BCUT2D eigenvalue weighted by atomic mass is 16.5. The summed E-state index contributed by atoms with van der Waals surface area (Å²) in [6.45, 7) is 2.44. The fourth-order valence-corrected chi connectivity index (χ4v) is 2.41. The molecule has 20 heavy (non-hydrogen) atoms. The van der Waals surface area contributed by atoms with Gasteiger partial charge in [0.05, 0.1) is 14.2 Å². The molecule has 110 valence electrons. The molecule has 2 N–H and O–H groups in total. The molecule has 0 bridgehead atoms. The summed E-state index contributed by atoms with van der Waals surface area (Å²) in [7, 11) is 3.23. The molecule has 5 nitrogen and oxygen atoms in total. The molecule has 5 heteroatoms. The highest BCUT2D eigenvalue weighted by Gasteiger charge is 2.18. The molecule has 1 aliphatic rings. The molecule has 1 saturated heterocycles. The normalized spacial score (nSPS) is 17.8. The average Bonchev–Trinajstić information content (AvgIpc) is 2.97. The molecule has 0 radical (unpaired) electrons. The molecule has 1 atom stereocenters. The van der Waals surface area contributed by atoms with Crippen LogP contribution in [0.1, 0.15) is 18.4 Å². The summed E-state index contributed by atoms with van der Waals surface area (Å²) in [6, 6.07) is 5.60. The summed E-state index contributed by atoms with van der Waals surface area (Å²) in [5.41, 5.74) is 0.950. The predicted molar refractivity (Wildman–Crippen MR) is 77.0 cm³/mol. The van der Waals surface area contributed by atoms with E-state index in [4.69, 9.17) is 9.47 Å². The van der Waals surface area contributed by atoms with Gasteiger partial charge >= 0.3 is 0 Å². The molecule has 1 aromatic rings. The van der Waals surface area contributed by atoms with Crippen molar-refractivity contribution in [2.75, 3.05) is 27.3 Å². The van der Waals surface area contributed by atoms with Crippen LogP contribution in [0.3, 0.4) is 0 Å². The Hall–Kier alpha value is -1.75. The Kier molecular flexibility index (Phi) is 5.24. The molecule has 0 spiro atoms.